The van der Waals surface area contributed by atoms with Crippen molar-refractivity contribution in [3.8, 4) is 5.75 Å². The zero-order valence-electron chi connectivity index (χ0n) is 31.6. The number of hydrogen-bond acceptors (Lipinski definition) is 7. The lowest BCUT2D eigenvalue weighted by atomic mass is 9.63. The van der Waals surface area contributed by atoms with Crippen LogP contribution >= 0.6 is 11.6 Å². The van der Waals surface area contributed by atoms with Gasteiger partial charge in [-0.15, -0.1) is 0 Å². The molecule has 1 spiro atoms. The molecule has 5 aliphatic rings. The summed E-state index contributed by atoms with van der Waals surface area (Å²) in [7, 11) is -1.28. The molecular weight excluding hydrogens is 737 g/mol. The number of ether oxygens (including phenoxy) is 2. The highest BCUT2D eigenvalue weighted by Crippen LogP contribution is 2.49. The van der Waals surface area contributed by atoms with Crippen LogP contribution in [0.4, 0.5) is 18.9 Å². The van der Waals surface area contributed by atoms with Crippen molar-refractivity contribution in [2.75, 3.05) is 71.0 Å². The van der Waals surface area contributed by atoms with E-state index in [-0.39, 0.29) is 23.2 Å². The number of nitrogens with zero attached hydrogens (tertiary/aromatic N) is 3. The number of halogens is 4. The predicted molar refractivity (Wildman–Crippen MR) is 210 cm³/mol. The van der Waals surface area contributed by atoms with E-state index in [1.165, 1.54) is 16.0 Å². The number of fused-ring (bicyclic) bond motifs is 4. The van der Waals surface area contributed by atoms with Crippen molar-refractivity contribution in [3.05, 3.63) is 70.3 Å². The summed E-state index contributed by atoms with van der Waals surface area (Å²) < 4.78 is 69.7. The third-order valence-electron chi connectivity index (χ3n) is 13.1. The number of anilines is 1. The molecule has 2 aliphatic carbocycles. The minimum atomic E-state index is -4.22. The average Bonchev–Trinajstić information content (AvgIpc) is 3.25. The van der Waals surface area contributed by atoms with E-state index in [1.54, 1.807) is 13.2 Å². The Morgan fingerprint density at radius 2 is 1.85 bits per heavy atom. The Morgan fingerprint density at radius 1 is 1.09 bits per heavy atom. The molecule has 1 amide bonds. The fourth-order valence-corrected chi connectivity index (χ4v) is 11.3. The number of carbonyl (C=O) groups excluding carboxylic acids is 1. The Balaban J connectivity index is 1.26. The SMILES string of the molecule is C=S1(=O)NC(=O)c2ccc3c(c2)N(C[C@@H]2CC[C@H]2[C@@](CN2CCN(CC(F)(F)F)CC2)(OC)/C=C/C[C@H](C)[C@H]1C)C[C@@]1(CCCc2cc(Cl)ccc21)CO3. The van der Waals surface area contributed by atoms with Crippen molar-refractivity contribution in [3.63, 3.8) is 0 Å². The molecule has 7 atom stereocenters. The average molecular weight is 791 g/mol. The van der Waals surface area contributed by atoms with E-state index in [0.717, 1.165) is 42.8 Å². The normalized spacial score (nSPS) is 34.5. The van der Waals surface area contributed by atoms with Gasteiger partial charge >= 0.3 is 6.18 Å². The van der Waals surface area contributed by atoms with Crippen LogP contribution in [0.5, 0.6) is 5.75 Å². The van der Waals surface area contributed by atoms with Crippen molar-refractivity contribution in [2.45, 2.75) is 74.8 Å². The first-order valence-electron chi connectivity index (χ1n) is 19.3. The molecule has 1 saturated carbocycles. The molecule has 3 heterocycles. The molecule has 2 aromatic carbocycles. The van der Waals surface area contributed by atoms with Crippen LogP contribution in [0.2, 0.25) is 5.02 Å². The molecule has 0 aromatic heterocycles. The molecule has 2 fully saturated rings. The first kappa shape index (κ1) is 39.5. The third kappa shape index (κ3) is 8.06. The zero-order chi connectivity index (χ0) is 38.5. The smallest absolute Gasteiger partial charge is 0.401 e. The van der Waals surface area contributed by atoms with E-state index in [4.69, 9.17) is 21.1 Å². The van der Waals surface area contributed by atoms with Gasteiger partial charge in [0.05, 0.1) is 28.5 Å². The van der Waals surface area contributed by atoms with E-state index < -0.39 is 39.2 Å². The standard InChI is InChI=1S/C41H54ClF3N4O4S/c1-28-7-5-16-40(52-3,25-47-17-19-48(20-18-47)26-41(43,44)45)35-12-9-32(35)23-49-24-39(15-6-8-30-21-33(42)11-13-34(30)39)27-53-37-14-10-31(22-36(37)49)38(50)46-54(4,51)29(28)2/h5,10-11,13-14,16,21-22,28-29,32,35H,4,6-9,12,15,17-20,23-27H2,1-3H3,(H,46,50,51)/b16-5+/t28-,29+,32-,35+,39-,40+,54?/m0/s1. The summed E-state index contributed by atoms with van der Waals surface area (Å²) in [5.74, 6) is 4.59. The van der Waals surface area contributed by atoms with Gasteiger partial charge in [-0.25, -0.2) is 4.21 Å². The van der Waals surface area contributed by atoms with Gasteiger partial charge in [-0.3, -0.25) is 19.3 Å². The maximum absolute atomic E-state index is 14.0. The largest absolute Gasteiger partial charge is 0.490 e. The van der Waals surface area contributed by atoms with Gasteiger partial charge in [-0.1, -0.05) is 36.7 Å². The van der Waals surface area contributed by atoms with Crippen molar-refractivity contribution in [1.82, 2.24) is 14.5 Å². The summed E-state index contributed by atoms with van der Waals surface area (Å²) >= 11 is 6.49. The predicted octanol–water partition coefficient (Wildman–Crippen LogP) is 6.75. The van der Waals surface area contributed by atoms with E-state index in [1.807, 2.05) is 32.0 Å². The topological polar surface area (TPSA) is 74.4 Å². The Kier molecular flexibility index (Phi) is 11.2. The monoisotopic (exact) mass is 790 g/mol. The van der Waals surface area contributed by atoms with Crippen LogP contribution in [-0.4, -0.2) is 109 Å². The highest BCUT2D eigenvalue weighted by Gasteiger charge is 2.50. The molecule has 0 radical (unpaired) electrons. The number of amides is 1. The second-order valence-electron chi connectivity index (χ2n) is 16.5. The van der Waals surface area contributed by atoms with Crippen molar-refractivity contribution in [1.29, 1.82) is 0 Å². The van der Waals surface area contributed by atoms with E-state index >= 15 is 0 Å². The van der Waals surface area contributed by atoms with Crippen LogP contribution in [0.25, 0.3) is 0 Å². The number of nitrogens with one attached hydrogen (secondary N) is 1. The number of carbonyl (C=O) groups is 1. The van der Waals surface area contributed by atoms with E-state index in [0.29, 0.717) is 70.2 Å². The van der Waals surface area contributed by atoms with Crippen LogP contribution in [0.15, 0.2) is 48.6 Å². The van der Waals surface area contributed by atoms with Gasteiger partial charge in [-0.05, 0) is 111 Å². The number of benzene rings is 2. The first-order chi connectivity index (χ1) is 25.6. The van der Waals surface area contributed by atoms with Crippen molar-refractivity contribution in [2.24, 2.45) is 17.8 Å². The molecule has 13 heteroatoms. The maximum atomic E-state index is 14.0. The first-order valence-corrected chi connectivity index (χ1v) is 21.5. The molecule has 296 valence electrons. The molecule has 2 bridgehead atoms. The van der Waals surface area contributed by atoms with Gasteiger partial charge in [0.15, 0.2) is 0 Å². The van der Waals surface area contributed by atoms with Crippen molar-refractivity contribution >= 4 is 38.8 Å². The maximum Gasteiger partial charge on any atom is 0.401 e. The molecule has 1 unspecified atom stereocenters. The number of hydrogen-bond donors (Lipinski definition) is 1. The van der Waals surface area contributed by atoms with Crippen LogP contribution < -0.4 is 14.4 Å². The Bertz CT molecular complexity index is 1850. The summed E-state index contributed by atoms with van der Waals surface area (Å²) in [4.78, 5) is 19.9. The molecule has 2 aromatic rings. The van der Waals surface area contributed by atoms with Gasteiger partial charge in [0.25, 0.3) is 5.91 Å². The highest BCUT2D eigenvalue weighted by atomic mass is 35.5. The summed E-state index contributed by atoms with van der Waals surface area (Å²) in [5.41, 5.74) is 2.73. The second-order valence-corrected chi connectivity index (χ2v) is 19.4. The molecule has 54 heavy (non-hydrogen) atoms. The molecule has 8 nitrogen and oxygen atoms in total. The fourth-order valence-electron chi connectivity index (χ4n) is 9.61. The number of rotatable bonds is 4. The highest BCUT2D eigenvalue weighted by molar-refractivity contribution is 7.99. The molecule has 1 saturated heterocycles. The van der Waals surface area contributed by atoms with Gasteiger partial charge in [0.2, 0.25) is 0 Å². The van der Waals surface area contributed by atoms with Gasteiger partial charge in [0.1, 0.15) is 11.4 Å². The Hall–Kier alpha value is -2.77. The van der Waals surface area contributed by atoms with Crippen molar-refractivity contribution < 1.29 is 31.6 Å². The van der Waals surface area contributed by atoms with Crippen LogP contribution in [0.1, 0.15) is 67.4 Å². The van der Waals surface area contributed by atoms with Gasteiger partial charge in [0, 0.05) is 74.2 Å². The lowest BCUT2D eigenvalue weighted by Gasteiger charge is -2.52. The third-order valence-corrected chi connectivity index (χ3v) is 15.5. The molecular formula is C41H54ClF3N4O4S. The Morgan fingerprint density at radius 3 is 2.56 bits per heavy atom. The molecule has 7 rings (SSSR count). The Labute approximate surface area is 323 Å². The number of allylic oxidation sites excluding steroid dienone is 1. The summed E-state index contributed by atoms with van der Waals surface area (Å²) in [6.45, 7) is 7.15. The fraction of sp³-hybridized carbons (Fsp3) is 0.610. The van der Waals surface area contributed by atoms with Crippen LogP contribution in [0.3, 0.4) is 0 Å². The van der Waals surface area contributed by atoms with Crippen LogP contribution in [-0.2, 0) is 26.3 Å². The minimum Gasteiger partial charge on any atom is -0.490 e. The number of aryl methyl sites for hydroxylation is 1. The molecule has 3 aliphatic heterocycles. The van der Waals surface area contributed by atoms with Gasteiger partial charge in [-0.2, -0.15) is 13.2 Å². The van der Waals surface area contributed by atoms with Gasteiger partial charge < -0.3 is 14.4 Å². The number of piperazine rings is 1. The van der Waals surface area contributed by atoms with E-state index in [9.17, 15) is 22.2 Å². The summed E-state index contributed by atoms with van der Waals surface area (Å²) in [6.07, 6.45) is 5.49. The zero-order valence-corrected chi connectivity index (χ0v) is 33.2. The quantitative estimate of drug-likeness (QED) is 0.272. The van der Waals surface area contributed by atoms with E-state index in [2.05, 4.69) is 44.7 Å². The van der Waals surface area contributed by atoms with Crippen LogP contribution in [0, 0.1) is 17.8 Å². The molecule has 1 N–H and O–H groups in total. The number of methoxy groups -OCH3 is 1. The summed E-state index contributed by atoms with van der Waals surface area (Å²) in [5, 5.41) is 0.299. The summed E-state index contributed by atoms with van der Waals surface area (Å²) in [6, 6.07) is 11.7. The lowest BCUT2D eigenvalue weighted by Crippen LogP contribution is -2.59. The second kappa shape index (κ2) is 15.3. The number of alkyl halides is 3. The minimum absolute atomic E-state index is 0.0718. The lowest BCUT2D eigenvalue weighted by molar-refractivity contribution is -0.151.